The summed E-state index contributed by atoms with van der Waals surface area (Å²) in [4.78, 5) is 11.4. The van der Waals surface area contributed by atoms with Gasteiger partial charge < -0.3 is 5.11 Å². The highest BCUT2D eigenvalue weighted by molar-refractivity contribution is 7.92. The van der Waals surface area contributed by atoms with Crippen molar-refractivity contribution in [3.63, 3.8) is 0 Å². The zero-order valence-corrected chi connectivity index (χ0v) is 11.7. The van der Waals surface area contributed by atoms with Gasteiger partial charge in [-0.05, 0) is 24.6 Å². The van der Waals surface area contributed by atoms with Gasteiger partial charge in [0.05, 0.1) is 4.90 Å². The van der Waals surface area contributed by atoms with Gasteiger partial charge in [0, 0.05) is 0 Å². The van der Waals surface area contributed by atoms with Gasteiger partial charge in [0.25, 0.3) is 0 Å². The number of hydrogen-bond donors (Lipinski definition) is 1. The largest absolute Gasteiger partial charge is 0.480 e. The Balaban J connectivity index is 2.54. The van der Waals surface area contributed by atoms with Crippen LogP contribution in [-0.4, -0.2) is 19.5 Å². The summed E-state index contributed by atoms with van der Waals surface area (Å²) in [5.74, 6) is -1.38. The number of carboxylic acids is 1. The topological polar surface area (TPSA) is 71.4 Å². The second-order valence-corrected chi connectivity index (χ2v) is 6.52. The van der Waals surface area contributed by atoms with Gasteiger partial charge in [-0.1, -0.05) is 48.0 Å². The smallest absolute Gasteiger partial charge is 0.326 e. The van der Waals surface area contributed by atoms with Crippen molar-refractivity contribution >= 4 is 15.8 Å². The zero-order valence-electron chi connectivity index (χ0n) is 10.9. The molecule has 0 aliphatic carbocycles. The lowest BCUT2D eigenvalue weighted by Gasteiger charge is -2.14. The van der Waals surface area contributed by atoms with Gasteiger partial charge in [-0.3, -0.25) is 4.79 Å². The number of carbonyl (C=O) groups is 1. The Hall–Kier alpha value is -2.14. The third-order valence-electron chi connectivity index (χ3n) is 2.99. The van der Waals surface area contributed by atoms with Crippen molar-refractivity contribution in [1.29, 1.82) is 0 Å². The van der Waals surface area contributed by atoms with E-state index in [1.54, 1.807) is 30.3 Å². The standard InChI is InChI=1S/C15H14O4S/c1-11-7-9-13(10-8-11)20(18,19)14(15(16)17)12-5-3-2-4-6-12/h2-10,14H,1H3,(H,16,17)/t14-/m1/s1. The molecule has 2 aromatic carbocycles. The average molecular weight is 290 g/mol. The molecule has 0 saturated carbocycles. The highest BCUT2D eigenvalue weighted by atomic mass is 32.2. The number of aliphatic carboxylic acids is 1. The van der Waals surface area contributed by atoms with Crippen LogP contribution in [0.25, 0.3) is 0 Å². The summed E-state index contributed by atoms with van der Waals surface area (Å²) >= 11 is 0. The highest BCUT2D eigenvalue weighted by Crippen LogP contribution is 2.29. The molecule has 1 atom stereocenters. The molecule has 0 unspecified atom stereocenters. The summed E-state index contributed by atoms with van der Waals surface area (Å²) in [7, 11) is -3.97. The lowest BCUT2D eigenvalue weighted by Crippen LogP contribution is -2.22. The maximum absolute atomic E-state index is 12.5. The molecule has 0 spiro atoms. The third-order valence-corrected chi connectivity index (χ3v) is 5.01. The van der Waals surface area contributed by atoms with E-state index in [4.69, 9.17) is 0 Å². The molecule has 2 rings (SSSR count). The van der Waals surface area contributed by atoms with Crippen LogP contribution in [0.1, 0.15) is 16.4 Å². The zero-order chi connectivity index (χ0) is 14.8. The fourth-order valence-corrected chi connectivity index (χ4v) is 3.51. The Morgan fingerprint density at radius 3 is 2.05 bits per heavy atom. The summed E-state index contributed by atoms with van der Waals surface area (Å²) in [5.41, 5.74) is 1.16. The summed E-state index contributed by atoms with van der Waals surface area (Å²) < 4.78 is 25.0. The minimum Gasteiger partial charge on any atom is -0.480 e. The van der Waals surface area contributed by atoms with Gasteiger partial charge >= 0.3 is 5.97 Å². The Morgan fingerprint density at radius 2 is 1.55 bits per heavy atom. The molecule has 1 N–H and O–H groups in total. The van der Waals surface area contributed by atoms with E-state index in [0.717, 1.165) is 5.56 Å². The van der Waals surface area contributed by atoms with Crippen LogP contribution in [0.2, 0.25) is 0 Å². The molecule has 4 nitrogen and oxygen atoms in total. The number of sulfone groups is 1. The first kappa shape index (κ1) is 14.3. The summed E-state index contributed by atoms with van der Waals surface area (Å²) in [5, 5.41) is 7.71. The van der Waals surface area contributed by atoms with Gasteiger partial charge in [0.2, 0.25) is 0 Å². The molecular weight excluding hydrogens is 276 g/mol. The molecule has 0 bridgehead atoms. The molecule has 0 radical (unpaired) electrons. The summed E-state index contributed by atoms with van der Waals surface area (Å²) in [6, 6.07) is 14.1. The van der Waals surface area contributed by atoms with E-state index < -0.39 is 21.1 Å². The fraction of sp³-hybridized carbons (Fsp3) is 0.133. The van der Waals surface area contributed by atoms with Gasteiger partial charge in [-0.2, -0.15) is 0 Å². The first-order valence-electron chi connectivity index (χ1n) is 6.01. The second-order valence-electron chi connectivity index (χ2n) is 4.49. The summed E-state index contributed by atoms with van der Waals surface area (Å²) in [6.45, 7) is 1.84. The molecule has 20 heavy (non-hydrogen) atoms. The third kappa shape index (κ3) is 2.72. The number of benzene rings is 2. The van der Waals surface area contributed by atoms with Gasteiger partial charge in [0.15, 0.2) is 15.1 Å². The summed E-state index contributed by atoms with van der Waals surface area (Å²) in [6.07, 6.45) is 0. The number of rotatable bonds is 4. The van der Waals surface area contributed by atoms with Crippen molar-refractivity contribution in [3.05, 3.63) is 65.7 Å². The van der Waals surface area contributed by atoms with Crippen LogP contribution in [0.4, 0.5) is 0 Å². The van der Waals surface area contributed by atoms with Crippen molar-refractivity contribution in [1.82, 2.24) is 0 Å². The van der Waals surface area contributed by atoms with E-state index in [-0.39, 0.29) is 10.5 Å². The van der Waals surface area contributed by atoms with Gasteiger partial charge in [-0.25, -0.2) is 8.42 Å². The van der Waals surface area contributed by atoms with E-state index in [0.29, 0.717) is 0 Å². The Kier molecular flexibility index (Phi) is 3.90. The lowest BCUT2D eigenvalue weighted by atomic mass is 10.1. The molecule has 0 amide bonds. The second kappa shape index (κ2) is 5.46. The molecule has 0 aliphatic heterocycles. The van der Waals surface area contributed by atoms with Crippen LogP contribution in [0.3, 0.4) is 0 Å². The van der Waals surface area contributed by atoms with E-state index in [2.05, 4.69) is 0 Å². The predicted octanol–water partition coefficient (Wildman–Crippen LogP) is 2.59. The highest BCUT2D eigenvalue weighted by Gasteiger charge is 2.35. The minimum atomic E-state index is -3.97. The molecular formula is C15H14O4S. The normalized spacial score (nSPS) is 12.8. The van der Waals surface area contributed by atoms with Gasteiger partial charge in [-0.15, -0.1) is 0 Å². The molecule has 2 aromatic rings. The van der Waals surface area contributed by atoms with E-state index in [1.165, 1.54) is 24.3 Å². The predicted molar refractivity (Wildman–Crippen MR) is 75.2 cm³/mol. The first-order chi connectivity index (χ1) is 9.43. The minimum absolute atomic E-state index is 0.0133. The maximum Gasteiger partial charge on any atom is 0.326 e. The molecule has 0 aliphatic rings. The molecule has 5 heteroatoms. The first-order valence-corrected chi connectivity index (χ1v) is 7.56. The van der Waals surface area contributed by atoms with E-state index in [9.17, 15) is 18.3 Å². The van der Waals surface area contributed by atoms with Crippen molar-refractivity contribution in [2.45, 2.75) is 17.1 Å². The number of carboxylic acid groups (broad SMARTS) is 1. The van der Waals surface area contributed by atoms with Crippen molar-refractivity contribution in [2.24, 2.45) is 0 Å². The molecule has 104 valence electrons. The van der Waals surface area contributed by atoms with E-state index >= 15 is 0 Å². The monoisotopic (exact) mass is 290 g/mol. The van der Waals surface area contributed by atoms with Crippen LogP contribution in [0.5, 0.6) is 0 Å². The van der Waals surface area contributed by atoms with E-state index in [1.807, 2.05) is 6.92 Å². The van der Waals surface area contributed by atoms with Crippen molar-refractivity contribution in [2.75, 3.05) is 0 Å². The maximum atomic E-state index is 12.5. The van der Waals surface area contributed by atoms with Crippen LogP contribution >= 0.6 is 0 Å². The van der Waals surface area contributed by atoms with Crippen molar-refractivity contribution < 1.29 is 18.3 Å². The lowest BCUT2D eigenvalue weighted by molar-refractivity contribution is -0.136. The Bertz CT molecular complexity index is 703. The van der Waals surface area contributed by atoms with Crippen LogP contribution in [-0.2, 0) is 14.6 Å². The van der Waals surface area contributed by atoms with Crippen LogP contribution in [0.15, 0.2) is 59.5 Å². The number of hydrogen-bond acceptors (Lipinski definition) is 3. The fourth-order valence-electron chi connectivity index (χ4n) is 1.95. The average Bonchev–Trinajstić information content (AvgIpc) is 2.39. The number of aryl methyl sites for hydroxylation is 1. The van der Waals surface area contributed by atoms with Gasteiger partial charge in [0.1, 0.15) is 0 Å². The van der Waals surface area contributed by atoms with Crippen molar-refractivity contribution in [3.8, 4) is 0 Å². The van der Waals surface area contributed by atoms with Crippen LogP contribution in [0, 0.1) is 6.92 Å². The molecule has 0 aromatic heterocycles. The Labute approximate surface area is 117 Å². The molecule has 0 saturated heterocycles. The molecule has 0 heterocycles. The molecule has 0 fully saturated rings. The SMILES string of the molecule is Cc1ccc(S(=O)(=O)[C@@H](C(=O)O)c2ccccc2)cc1. The van der Waals surface area contributed by atoms with Crippen LogP contribution < -0.4 is 0 Å². The quantitative estimate of drug-likeness (QED) is 0.939. The Morgan fingerprint density at radius 1 is 1.00 bits per heavy atom.